The molecule has 2 amide bonds. The molecule has 256 valence electrons. The molecule has 0 aromatic heterocycles. The third-order valence-corrected chi connectivity index (χ3v) is 10.0. The lowest BCUT2D eigenvalue weighted by Gasteiger charge is -2.36. The van der Waals surface area contributed by atoms with Crippen molar-refractivity contribution in [1.82, 2.24) is 9.80 Å². The van der Waals surface area contributed by atoms with E-state index in [0.717, 1.165) is 42.6 Å². The van der Waals surface area contributed by atoms with Gasteiger partial charge >= 0.3 is 0 Å². The molecule has 0 bridgehead atoms. The minimum atomic E-state index is -0.840. The molecule has 0 radical (unpaired) electrons. The number of aryl methyl sites for hydroxylation is 1. The van der Waals surface area contributed by atoms with Crippen LogP contribution in [0.3, 0.4) is 0 Å². The van der Waals surface area contributed by atoms with E-state index in [-0.39, 0.29) is 29.9 Å². The van der Waals surface area contributed by atoms with Gasteiger partial charge in [-0.3, -0.25) is 14.6 Å². The van der Waals surface area contributed by atoms with Crippen molar-refractivity contribution in [2.45, 2.75) is 91.1 Å². The van der Waals surface area contributed by atoms with Crippen molar-refractivity contribution in [2.24, 2.45) is 4.99 Å². The Morgan fingerprint density at radius 2 is 1.54 bits per heavy atom. The molecule has 0 saturated carbocycles. The Balaban J connectivity index is 1.06. The van der Waals surface area contributed by atoms with E-state index in [4.69, 9.17) is 14.2 Å². The molecule has 2 aromatic carbocycles. The fourth-order valence-electron chi connectivity index (χ4n) is 7.27. The molecule has 3 atom stereocenters. The maximum Gasteiger partial charge on any atom is 0.256 e. The second-order valence-electron chi connectivity index (χ2n) is 13.4. The number of hydrogen-bond acceptors (Lipinski definition) is 8. The molecule has 2 saturated heterocycles. The first-order chi connectivity index (χ1) is 23.1. The zero-order valence-corrected chi connectivity index (χ0v) is 29.0. The number of nitrogens with zero attached hydrogens (tertiary/aromatic N) is 4. The van der Waals surface area contributed by atoms with Crippen LogP contribution in [0.15, 0.2) is 52.6 Å². The number of unbranched alkanes of at least 4 members (excludes halogenated alkanes) is 2. The molecule has 6 rings (SSSR count). The van der Waals surface area contributed by atoms with Crippen LogP contribution >= 0.6 is 0 Å². The number of hydrogen-bond donors (Lipinski definition) is 1. The molecule has 1 N–H and O–H groups in total. The molecular formula is C38H48N4O6. The summed E-state index contributed by atoms with van der Waals surface area (Å²) < 4.78 is 18.0. The summed E-state index contributed by atoms with van der Waals surface area (Å²) >= 11 is 0. The first-order valence-corrected chi connectivity index (χ1v) is 17.2. The van der Waals surface area contributed by atoms with E-state index in [1.807, 2.05) is 74.9 Å². The summed E-state index contributed by atoms with van der Waals surface area (Å²) in [5, 5.41) is 11.5. The van der Waals surface area contributed by atoms with Gasteiger partial charge in [0, 0.05) is 37.5 Å². The van der Waals surface area contributed by atoms with E-state index in [9.17, 15) is 14.7 Å². The van der Waals surface area contributed by atoms with Crippen LogP contribution in [-0.2, 0) is 0 Å². The Labute approximate surface area is 283 Å². The van der Waals surface area contributed by atoms with Gasteiger partial charge in [0.25, 0.3) is 11.8 Å². The molecule has 0 spiro atoms. The third-order valence-electron chi connectivity index (χ3n) is 10.0. The van der Waals surface area contributed by atoms with E-state index >= 15 is 0 Å². The van der Waals surface area contributed by atoms with E-state index in [0.29, 0.717) is 66.7 Å². The van der Waals surface area contributed by atoms with Crippen LogP contribution in [0.1, 0.15) is 86.1 Å². The number of methoxy groups -OCH3 is 1. The highest BCUT2D eigenvalue weighted by molar-refractivity contribution is 6.04. The Bertz CT molecular complexity index is 1660. The van der Waals surface area contributed by atoms with Crippen molar-refractivity contribution in [3.63, 3.8) is 0 Å². The first-order valence-electron chi connectivity index (χ1n) is 17.2. The third kappa shape index (κ3) is 6.30. The minimum Gasteiger partial charge on any atom is -0.493 e. The van der Waals surface area contributed by atoms with E-state index in [1.165, 1.54) is 5.57 Å². The molecule has 4 aliphatic heterocycles. The van der Waals surface area contributed by atoms with E-state index < -0.39 is 6.23 Å². The van der Waals surface area contributed by atoms with Gasteiger partial charge in [0.15, 0.2) is 11.5 Å². The van der Waals surface area contributed by atoms with Crippen LogP contribution in [0.2, 0.25) is 0 Å². The largest absolute Gasteiger partial charge is 0.493 e. The van der Waals surface area contributed by atoms with Crippen LogP contribution in [0.25, 0.3) is 0 Å². The molecule has 4 heterocycles. The SMILES string of the molecule is CC=C1C[C@H]2C=Nc3cc(OCCCCCOc4cc5c(cc4OC)C(=O)N4CC(=CC)C[C@H]4C(O)N5C(C)C)c(C)cc3C(=O)N2C1. The highest BCUT2D eigenvalue weighted by Gasteiger charge is 2.44. The predicted molar refractivity (Wildman–Crippen MR) is 187 cm³/mol. The van der Waals surface area contributed by atoms with Crippen LogP contribution in [-0.4, -0.2) is 90.7 Å². The van der Waals surface area contributed by atoms with Crippen molar-refractivity contribution >= 4 is 29.4 Å². The number of fused-ring (bicyclic) bond motifs is 4. The van der Waals surface area contributed by atoms with Gasteiger partial charge in [-0.15, -0.1) is 0 Å². The van der Waals surface area contributed by atoms with E-state index in [1.54, 1.807) is 18.1 Å². The van der Waals surface area contributed by atoms with Crippen molar-refractivity contribution in [3.05, 3.63) is 64.3 Å². The maximum absolute atomic E-state index is 13.7. The summed E-state index contributed by atoms with van der Waals surface area (Å²) in [6.45, 7) is 12.2. The zero-order valence-electron chi connectivity index (χ0n) is 29.0. The lowest BCUT2D eigenvalue weighted by molar-refractivity contribution is 0.0497. The number of carbonyl (C=O) groups is 2. The molecule has 2 fully saturated rings. The van der Waals surface area contributed by atoms with E-state index in [2.05, 4.69) is 11.1 Å². The standard InChI is InChI=1S/C38H48N4O6/c1-7-25-15-27-20-39-30-18-33(24(5)14-28(30)36(43)40(27)21-25)47-12-10-9-11-13-48-35-19-31-29(17-34(35)46-6)37(44)41-22-26(8-2)16-32(41)38(45)42(31)23(3)4/h7-8,14,17-20,23,27,32,38,45H,9-13,15-16,21-22H2,1-6H3/t27-,32-,38?/m0/s1. The second-order valence-corrected chi connectivity index (χ2v) is 13.4. The van der Waals surface area contributed by atoms with Gasteiger partial charge < -0.3 is 34.0 Å². The van der Waals surface area contributed by atoms with Crippen LogP contribution < -0.4 is 19.1 Å². The maximum atomic E-state index is 13.7. The average Bonchev–Trinajstić information content (AvgIpc) is 3.67. The number of carbonyl (C=O) groups excluding carboxylic acids is 2. The summed E-state index contributed by atoms with van der Waals surface area (Å²) in [5.74, 6) is 1.70. The number of anilines is 1. The molecule has 10 heteroatoms. The van der Waals surface area contributed by atoms with Crippen molar-refractivity contribution in [3.8, 4) is 17.2 Å². The van der Waals surface area contributed by atoms with Crippen molar-refractivity contribution in [2.75, 3.05) is 38.3 Å². The number of benzene rings is 2. The minimum absolute atomic E-state index is 0.00133. The summed E-state index contributed by atoms with van der Waals surface area (Å²) in [6.07, 6.45) is 9.19. The average molecular weight is 657 g/mol. The van der Waals surface area contributed by atoms with Gasteiger partial charge in [0.2, 0.25) is 0 Å². The monoisotopic (exact) mass is 656 g/mol. The Morgan fingerprint density at radius 1 is 0.875 bits per heavy atom. The quantitative estimate of drug-likeness (QED) is 0.239. The Morgan fingerprint density at radius 3 is 2.23 bits per heavy atom. The number of aliphatic hydroxyl groups excluding tert-OH is 1. The number of ether oxygens (including phenoxy) is 3. The predicted octanol–water partition coefficient (Wildman–Crippen LogP) is 6.22. The summed E-state index contributed by atoms with van der Waals surface area (Å²) in [6, 6.07) is 7.03. The highest BCUT2D eigenvalue weighted by atomic mass is 16.5. The lowest BCUT2D eigenvalue weighted by Crippen LogP contribution is -2.50. The van der Waals surface area contributed by atoms with Crippen molar-refractivity contribution < 1.29 is 28.9 Å². The second kappa shape index (κ2) is 14.0. The normalized spacial score (nSPS) is 23.3. The number of aliphatic hydroxyl groups is 1. The number of aliphatic imine (C=N–C) groups is 1. The van der Waals surface area contributed by atoms with Gasteiger partial charge in [-0.1, -0.05) is 23.3 Å². The van der Waals surface area contributed by atoms with Gasteiger partial charge in [0.05, 0.1) is 54.9 Å². The van der Waals surface area contributed by atoms with Gasteiger partial charge in [-0.2, -0.15) is 0 Å². The van der Waals surface area contributed by atoms with Crippen LogP contribution in [0, 0.1) is 6.92 Å². The molecule has 4 aliphatic rings. The summed E-state index contributed by atoms with van der Waals surface area (Å²) in [5.41, 5.74) is 5.79. The lowest BCUT2D eigenvalue weighted by atomic mass is 10.1. The van der Waals surface area contributed by atoms with Crippen LogP contribution in [0.5, 0.6) is 17.2 Å². The van der Waals surface area contributed by atoms with Gasteiger partial charge in [-0.05, 0) is 84.4 Å². The first kappa shape index (κ1) is 33.6. The molecular weight excluding hydrogens is 608 g/mol. The Kier molecular flexibility index (Phi) is 9.83. The summed E-state index contributed by atoms with van der Waals surface area (Å²) in [7, 11) is 1.58. The van der Waals surface area contributed by atoms with Crippen molar-refractivity contribution in [1.29, 1.82) is 0 Å². The molecule has 48 heavy (non-hydrogen) atoms. The van der Waals surface area contributed by atoms with Gasteiger partial charge in [-0.25, -0.2) is 0 Å². The topological polar surface area (TPSA) is 104 Å². The Hall–Kier alpha value is -4.31. The summed E-state index contributed by atoms with van der Waals surface area (Å²) in [4.78, 5) is 37.3. The number of amides is 2. The highest BCUT2D eigenvalue weighted by Crippen LogP contribution is 2.42. The smallest absolute Gasteiger partial charge is 0.256 e. The molecule has 2 aromatic rings. The molecule has 1 unspecified atom stereocenters. The van der Waals surface area contributed by atoms with Crippen LogP contribution in [0.4, 0.5) is 11.4 Å². The molecule has 10 nitrogen and oxygen atoms in total. The fraction of sp³-hybridized carbons (Fsp3) is 0.500. The zero-order chi connectivity index (χ0) is 34.1. The number of rotatable bonds is 10. The number of allylic oxidation sites excluding steroid dienone is 2. The van der Waals surface area contributed by atoms with Gasteiger partial charge in [0.1, 0.15) is 12.0 Å². The molecule has 0 aliphatic carbocycles. The fourth-order valence-corrected chi connectivity index (χ4v) is 7.27.